The number of hydrogen-bond donors (Lipinski definition) is 0. The molecule has 0 spiro atoms. The Morgan fingerprint density at radius 1 is 1.13 bits per heavy atom. The summed E-state index contributed by atoms with van der Waals surface area (Å²) in [5.74, 6) is 2.18. The molecule has 0 N–H and O–H groups in total. The average molecular weight is 707 g/mol. The number of ether oxygens (including phenoxy) is 2. The molecule has 5 rings (SSSR count). The fourth-order valence-corrected chi connectivity index (χ4v) is 5.99. The van der Waals surface area contributed by atoms with Crippen LogP contribution in [0.25, 0.3) is 10.9 Å². The van der Waals surface area contributed by atoms with E-state index in [0.29, 0.717) is 34.0 Å². The standard InChI is InChI=1S/C29H26BrClIN3O3/c1-37-26-14-19(13-24(32)27(26)38-17-18-7-10-22(31)11-8-18)16-33-35-28(20-5-3-2-4-6-20)34-25-12-9-21(30)15-23(25)29(35)36/h7-16,20H,2-6,17H2,1H3. The van der Waals surface area contributed by atoms with Gasteiger partial charge in [0.25, 0.3) is 5.56 Å². The van der Waals surface area contributed by atoms with Crippen LogP contribution in [-0.2, 0) is 6.61 Å². The Morgan fingerprint density at radius 3 is 2.63 bits per heavy atom. The molecule has 1 fully saturated rings. The molecule has 1 aliphatic rings. The van der Waals surface area contributed by atoms with Crippen LogP contribution in [0.1, 0.15) is 55.0 Å². The number of benzene rings is 3. The zero-order valence-electron chi connectivity index (χ0n) is 20.8. The van der Waals surface area contributed by atoms with Crippen molar-refractivity contribution < 1.29 is 9.47 Å². The Labute approximate surface area is 248 Å². The summed E-state index contributed by atoms with van der Waals surface area (Å²) in [5.41, 5.74) is 2.32. The predicted molar refractivity (Wildman–Crippen MR) is 164 cm³/mol. The van der Waals surface area contributed by atoms with Crippen LogP contribution in [0.2, 0.25) is 5.02 Å². The minimum Gasteiger partial charge on any atom is -0.493 e. The van der Waals surface area contributed by atoms with Gasteiger partial charge in [-0.1, -0.05) is 58.9 Å². The van der Waals surface area contributed by atoms with Crippen LogP contribution in [0.15, 0.2) is 69.0 Å². The third-order valence-electron chi connectivity index (χ3n) is 6.67. The summed E-state index contributed by atoms with van der Waals surface area (Å²) in [5, 5.41) is 5.89. The van der Waals surface area contributed by atoms with Crippen molar-refractivity contribution in [2.45, 2.75) is 44.6 Å². The SMILES string of the molecule is COc1cc(C=Nn2c(C3CCCCC3)nc3ccc(Br)cc3c2=O)cc(I)c1OCc1ccc(Cl)cc1. The van der Waals surface area contributed by atoms with Crippen molar-refractivity contribution in [1.29, 1.82) is 0 Å². The van der Waals surface area contributed by atoms with Crippen LogP contribution in [0.5, 0.6) is 11.5 Å². The molecule has 38 heavy (non-hydrogen) atoms. The lowest BCUT2D eigenvalue weighted by atomic mass is 9.88. The first-order valence-corrected chi connectivity index (χ1v) is 14.7. The average Bonchev–Trinajstić information content (AvgIpc) is 2.93. The molecule has 1 heterocycles. The zero-order chi connectivity index (χ0) is 26.6. The number of rotatable bonds is 7. The fraction of sp³-hybridized carbons (Fsp3) is 0.276. The minimum atomic E-state index is -0.169. The molecule has 0 atom stereocenters. The molecule has 3 aromatic carbocycles. The van der Waals surface area contributed by atoms with Gasteiger partial charge in [0.15, 0.2) is 11.5 Å². The van der Waals surface area contributed by atoms with Crippen molar-refractivity contribution in [3.05, 3.63) is 95.0 Å². The first-order valence-electron chi connectivity index (χ1n) is 12.4. The second-order valence-electron chi connectivity index (χ2n) is 9.28. The molecule has 0 aliphatic heterocycles. The molecule has 4 aromatic rings. The molecule has 6 nitrogen and oxygen atoms in total. The smallest absolute Gasteiger partial charge is 0.282 e. The summed E-state index contributed by atoms with van der Waals surface area (Å²) < 4.78 is 14.9. The minimum absolute atomic E-state index is 0.169. The topological polar surface area (TPSA) is 65.7 Å². The van der Waals surface area contributed by atoms with Gasteiger partial charge in [-0.15, -0.1) is 0 Å². The van der Waals surface area contributed by atoms with Gasteiger partial charge >= 0.3 is 0 Å². The van der Waals surface area contributed by atoms with Gasteiger partial charge in [0, 0.05) is 15.4 Å². The summed E-state index contributed by atoms with van der Waals surface area (Å²) in [6.07, 6.45) is 7.19. The third-order valence-corrected chi connectivity index (χ3v) is 8.22. The lowest BCUT2D eigenvalue weighted by Crippen LogP contribution is -2.25. The molecule has 0 bridgehead atoms. The van der Waals surface area contributed by atoms with Crippen molar-refractivity contribution in [2.24, 2.45) is 5.10 Å². The van der Waals surface area contributed by atoms with E-state index in [1.807, 2.05) is 48.5 Å². The Hall–Kier alpha value is -2.43. The van der Waals surface area contributed by atoms with Gasteiger partial charge in [0.1, 0.15) is 12.4 Å². The normalized spacial score (nSPS) is 14.3. The van der Waals surface area contributed by atoms with Gasteiger partial charge in [-0.05, 0) is 89.0 Å². The lowest BCUT2D eigenvalue weighted by molar-refractivity contribution is 0.282. The van der Waals surface area contributed by atoms with Crippen molar-refractivity contribution in [1.82, 2.24) is 9.66 Å². The van der Waals surface area contributed by atoms with Crippen molar-refractivity contribution in [3.63, 3.8) is 0 Å². The van der Waals surface area contributed by atoms with E-state index in [1.54, 1.807) is 19.4 Å². The van der Waals surface area contributed by atoms with E-state index in [0.717, 1.165) is 50.7 Å². The van der Waals surface area contributed by atoms with Crippen molar-refractivity contribution in [3.8, 4) is 11.5 Å². The maximum Gasteiger partial charge on any atom is 0.282 e. The number of hydrogen-bond acceptors (Lipinski definition) is 5. The maximum absolute atomic E-state index is 13.6. The van der Waals surface area contributed by atoms with E-state index in [4.69, 9.17) is 26.1 Å². The Morgan fingerprint density at radius 2 is 1.89 bits per heavy atom. The van der Waals surface area contributed by atoms with Gasteiger partial charge in [-0.25, -0.2) is 4.98 Å². The number of methoxy groups -OCH3 is 1. The van der Waals surface area contributed by atoms with Gasteiger partial charge in [0.2, 0.25) is 0 Å². The molecule has 1 aromatic heterocycles. The summed E-state index contributed by atoms with van der Waals surface area (Å²) >= 11 is 11.7. The molecule has 0 amide bonds. The van der Waals surface area contributed by atoms with Crippen LogP contribution in [-0.4, -0.2) is 23.0 Å². The van der Waals surface area contributed by atoms with Crippen LogP contribution < -0.4 is 15.0 Å². The van der Waals surface area contributed by atoms with Gasteiger partial charge in [0.05, 0.1) is 27.8 Å². The van der Waals surface area contributed by atoms with E-state index in [9.17, 15) is 4.79 Å². The summed E-state index contributed by atoms with van der Waals surface area (Å²) in [6, 6.07) is 17.0. The predicted octanol–water partition coefficient (Wildman–Crippen LogP) is 7.93. The molecule has 9 heteroatoms. The largest absolute Gasteiger partial charge is 0.493 e. The monoisotopic (exact) mass is 705 g/mol. The molecular weight excluding hydrogens is 681 g/mol. The van der Waals surface area contributed by atoms with E-state index in [-0.39, 0.29) is 11.5 Å². The first kappa shape index (κ1) is 27.1. The summed E-state index contributed by atoms with van der Waals surface area (Å²) in [7, 11) is 1.61. The van der Waals surface area contributed by atoms with E-state index < -0.39 is 0 Å². The first-order chi connectivity index (χ1) is 18.4. The number of fused-ring (bicyclic) bond motifs is 1. The van der Waals surface area contributed by atoms with Crippen molar-refractivity contribution >= 4 is 67.2 Å². The lowest BCUT2D eigenvalue weighted by Gasteiger charge is -2.22. The highest BCUT2D eigenvalue weighted by molar-refractivity contribution is 14.1. The molecule has 0 unspecified atom stereocenters. The molecule has 0 saturated heterocycles. The molecular formula is C29H26BrClIN3O3. The van der Waals surface area contributed by atoms with Crippen LogP contribution >= 0.6 is 50.1 Å². The number of aromatic nitrogens is 2. The highest BCUT2D eigenvalue weighted by Crippen LogP contribution is 2.35. The van der Waals surface area contributed by atoms with E-state index >= 15 is 0 Å². The van der Waals surface area contributed by atoms with Gasteiger partial charge < -0.3 is 9.47 Å². The zero-order valence-corrected chi connectivity index (χ0v) is 25.3. The third kappa shape index (κ3) is 6.07. The molecule has 0 radical (unpaired) electrons. The van der Waals surface area contributed by atoms with Gasteiger partial charge in [-0.3, -0.25) is 4.79 Å². The second kappa shape index (κ2) is 12.2. The van der Waals surface area contributed by atoms with Crippen LogP contribution in [0.3, 0.4) is 0 Å². The van der Waals surface area contributed by atoms with E-state index in [2.05, 4.69) is 43.6 Å². The Balaban J connectivity index is 1.49. The van der Waals surface area contributed by atoms with E-state index in [1.165, 1.54) is 11.1 Å². The van der Waals surface area contributed by atoms with Gasteiger partial charge in [-0.2, -0.15) is 9.78 Å². The molecule has 1 aliphatic carbocycles. The summed E-state index contributed by atoms with van der Waals surface area (Å²) in [4.78, 5) is 18.5. The highest BCUT2D eigenvalue weighted by atomic mass is 127. The number of nitrogens with zero attached hydrogens (tertiary/aromatic N) is 3. The maximum atomic E-state index is 13.6. The molecule has 196 valence electrons. The van der Waals surface area contributed by atoms with Crippen LogP contribution in [0, 0.1) is 3.57 Å². The fourth-order valence-electron chi connectivity index (χ4n) is 4.72. The Kier molecular flexibility index (Phi) is 8.70. The summed E-state index contributed by atoms with van der Waals surface area (Å²) in [6.45, 7) is 0.384. The number of halogens is 3. The van der Waals surface area contributed by atoms with Crippen molar-refractivity contribution in [2.75, 3.05) is 7.11 Å². The Bertz CT molecular complexity index is 1550. The quantitative estimate of drug-likeness (QED) is 0.145. The second-order valence-corrected chi connectivity index (χ2v) is 11.8. The molecule has 1 saturated carbocycles. The van der Waals surface area contributed by atoms with Crippen LogP contribution in [0.4, 0.5) is 0 Å². The highest BCUT2D eigenvalue weighted by Gasteiger charge is 2.22.